The summed E-state index contributed by atoms with van der Waals surface area (Å²) in [4.78, 5) is 19.9. The van der Waals surface area contributed by atoms with Gasteiger partial charge in [0.05, 0.1) is 10.6 Å². The summed E-state index contributed by atoms with van der Waals surface area (Å²) in [6, 6.07) is 11.0. The predicted molar refractivity (Wildman–Crippen MR) is 116 cm³/mol. The summed E-state index contributed by atoms with van der Waals surface area (Å²) in [6.07, 6.45) is 2.69. The van der Waals surface area contributed by atoms with Crippen LogP contribution in [0.4, 0.5) is 5.69 Å². The first-order valence-electron chi connectivity index (χ1n) is 8.70. The molecule has 8 heteroatoms. The van der Waals surface area contributed by atoms with E-state index in [-0.39, 0.29) is 12.7 Å². The molecule has 0 N–H and O–H groups in total. The standard InChI is InChI=1S/C20H16BrClN2O3S/c1-2-7-24-19(25)18(28-20(24)23-14-5-3-13(22)4-6-14)9-12-8-16-17(10-15(12)21)27-11-26-16/h3-6,8-10H,2,7,11H2,1H3/b18-9-,23-20?. The van der Waals surface area contributed by atoms with Crippen LogP contribution < -0.4 is 9.47 Å². The van der Waals surface area contributed by atoms with Gasteiger partial charge >= 0.3 is 0 Å². The molecule has 0 radical (unpaired) electrons. The molecule has 0 unspecified atom stereocenters. The average molecular weight is 480 g/mol. The SMILES string of the molecule is CCCN1C(=O)/C(=C/c2cc3c(cc2Br)OCO3)SC1=Nc1ccc(Cl)cc1. The van der Waals surface area contributed by atoms with Gasteiger partial charge in [-0.25, -0.2) is 4.99 Å². The zero-order valence-electron chi connectivity index (χ0n) is 14.9. The molecule has 2 aliphatic rings. The van der Waals surface area contributed by atoms with Crippen molar-refractivity contribution in [3.8, 4) is 11.5 Å². The maximum absolute atomic E-state index is 13.0. The zero-order chi connectivity index (χ0) is 19.7. The molecule has 4 rings (SSSR count). The number of ether oxygens (including phenoxy) is 2. The Morgan fingerprint density at radius 3 is 2.68 bits per heavy atom. The van der Waals surface area contributed by atoms with Gasteiger partial charge in [-0.3, -0.25) is 9.69 Å². The minimum absolute atomic E-state index is 0.0517. The molecule has 1 fully saturated rings. The van der Waals surface area contributed by atoms with E-state index in [2.05, 4.69) is 20.9 Å². The van der Waals surface area contributed by atoms with Gasteiger partial charge in [0.25, 0.3) is 5.91 Å². The van der Waals surface area contributed by atoms with Crippen molar-refractivity contribution in [2.45, 2.75) is 13.3 Å². The lowest BCUT2D eigenvalue weighted by Crippen LogP contribution is -2.29. The van der Waals surface area contributed by atoms with Crippen LogP contribution in [0, 0.1) is 0 Å². The Labute approximate surface area is 180 Å². The highest BCUT2D eigenvalue weighted by Gasteiger charge is 2.33. The van der Waals surface area contributed by atoms with Gasteiger partial charge < -0.3 is 9.47 Å². The highest BCUT2D eigenvalue weighted by Crippen LogP contribution is 2.40. The second-order valence-electron chi connectivity index (χ2n) is 6.17. The van der Waals surface area contributed by atoms with Gasteiger partial charge in [0.1, 0.15) is 0 Å². The monoisotopic (exact) mass is 478 g/mol. The molecule has 1 saturated heterocycles. The molecule has 0 spiro atoms. The molecule has 2 aromatic carbocycles. The Morgan fingerprint density at radius 2 is 1.96 bits per heavy atom. The molecule has 28 heavy (non-hydrogen) atoms. The lowest BCUT2D eigenvalue weighted by atomic mass is 10.2. The topological polar surface area (TPSA) is 51.1 Å². The quantitative estimate of drug-likeness (QED) is 0.517. The number of nitrogens with zero attached hydrogens (tertiary/aromatic N) is 2. The van der Waals surface area contributed by atoms with E-state index in [4.69, 9.17) is 21.1 Å². The van der Waals surface area contributed by atoms with E-state index < -0.39 is 0 Å². The number of halogens is 2. The summed E-state index contributed by atoms with van der Waals surface area (Å²) in [7, 11) is 0. The summed E-state index contributed by atoms with van der Waals surface area (Å²) in [5.74, 6) is 1.31. The van der Waals surface area contributed by atoms with Crippen molar-refractivity contribution in [3.63, 3.8) is 0 Å². The van der Waals surface area contributed by atoms with Crippen molar-refractivity contribution >= 4 is 62.1 Å². The van der Waals surface area contributed by atoms with Gasteiger partial charge in [0.2, 0.25) is 6.79 Å². The number of thioether (sulfide) groups is 1. The lowest BCUT2D eigenvalue weighted by Gasteiger charge is -2.13. The molecule has 0 aromatic heterocycles. The Kier molecular flexibility index (Phi) is 5.66. The minimum Gasteiger partial charge on any atom is -0.454 e. The first-order valence-corrected chi connectivity index (χ1v) is 10.7. The number of fused-ring (bicyclic) bond motifs is 1. The van der Waals surface area contributed by atoms with E-state index in [1.165, 1.54) is 11.8 Å². The predicted octanol–water partition coefficient (Wildman–Crippen LogP) is 5.85. The number of hydrogen-bond acceptors (Lipinski definition) is 5. The summed E-state index contributed by atoms with van der Waals surface area (Å²) < 4.78 is 11.7. The van der Waals surface area contributed by atoms with E-state index in [1.807, 2.05) is 37.3 Å². The number of rotatable bonds is 4. The van der Waals surface area contributed by atoms with Crippen LogP contribution in [-0.2, 0) is 4.79 Å². The third kappa shape index (κ3) is 3.92. The first-order chi connectivity index (χ1) is 13.5. The van der Waals surface area contributed by atoms with Crippen molar-refractivity contribution in [1.82, 2.24) is 4.90 Å². The second kappa shape index (κ2) is 8.19. The van der Waals surface area contributed by atoms with Gasteiger partial charge in [0.15, 0.2) is 16.7 Å². The van der Waals surface area contributed by atoms with Crippen LogP contribution in [0.2, 0.25) is 5.02 Å². The molecule has 0 bridgehead atoms. The van der Waals surface area contributed by atoms with Crippen molar-refractivity contribution in [3.05, 3.63) is 56.4 Å². The Hall–Kier alpha value is -1.96. The number of amidine groups is 1. The van der Waals surface area contributed by atoms with Crippen LogP contribution in [0.15, 0.2) is 50.8 Å². The Bertz CT molecular complexity index is 992. The third-order valence-electron chi connectivity index (χ3n) is 4.17. The van der Waals surface area contributed by atoms with Crippen molar-refractivity contribution < 1.29 is 14.3 Å². The van der Waals surface area contributed by atoms with E-state index in [1.54, 1.807) is 17.0 Å². The van der Waals surface area contributed by atoms with Gasteiger partial charge in [-0.2, -0.15) is 0 Å². The summed E-state index contributed by atoms with van der Waals surface area (Å²) in [6.45, 7) is 2.85. The smallest absolute Gasteiger partial charge is 0.266 e. The van der Waals surface area contributed by atoms with E-state index in [0.717, 1.165) is 22.1 Å². The fourth-order valence-corrected chi connectivity index (χ4v) is 4.40. The normalized spacial score (nSPS) is 18.5. The number of carbonyl (C=O) groups is 1. The van der Waals surface area contributed by atoms with Crippen LogP contribution in [0.1, 0.15) is 18.9 Å². The molecule has 1 amide bonds. The average Bonchev–Trinajstić information content (AvgIpc) is 3.23. The highest BCUT2D eigenvalue weighted by molar-refractivity contribution is 9.10. The summed E-state index contributed by atoms with van der Waals surface area (Å²) >= 11 is 10.9. The maximum atomic E-state index is 13.0. The van der Waals surface area contributed by atoms with Crippen LogP contribution >= 0.6 is 39.3 Å². The molecule has 144 valence electrons. The van der Waals surface area contributed by atoms with E-state index in [0.29, 0.717) is 33.1 Å². The van der Waals surface area contributed by atoms with Crippen LogP contribution in [0.5, 0.6) is 11.5 Å². The fourth-order valence-electron chi connectivity index (χ4n) is 2.82. The van der Waals surface area contributed by atoms with Gasteiger partial charge in [0, 0.05) is 16.0 Å². The molecule has 0 atom stereocenters. The van der Waals surface area contributed by atoms with Crippen LogP contribution in [0.25, 0.3) is 6.08 Å². The highest BCUT2D eigenvalue weighted by atomic mass is 79.9. The Balaban J connectivity index is 1.68. The fraction of sp³-hybridized carbons (Fsp3) is 0.200. The van der Waals surface area contributed by atoms with Gasteiger partial charge in [-0.05, 0) is 66.2 Å². The molecule has 5 nitrogen and oxygen atoms in total. The molecule has 0 saturated carbocycles. The zero-order valence-corrected chi connectivity index (χ0v) is 18.1. The largest absolute Gasteiger partial charge is 0.454 e. The molecular formula is C20H16BrClN2O3S. The van der Waals surface area contributed by atoms with Gasteiger partial charge in [-0.1, -0.05) is 34.5 Å². The lowest BCUT2D eigenvalue weighted by molar-refractivity contribution is -0.122. The number of amides is 1. The molecule has 2 heterocycles. The van der Waals surface area contributed by atoms with Crippen LogP contribution in [-0.4, -0.2) is 29.3 Å². The molecule has 2 aliphatic heterocycles. The second-order valence-corrected chi connectivity index (χ2v) is 8.47. The summed E-state index contributed by atoms with van der Waals surface area (Å²) in [5, 5.41) is 1.31. The number of hydrogen-bond donors (Lipinski definition) is 0. The third-order valence-corrected chi connectivity index (χ3v) is 6.11. The van der Waals surface area contributed by atoms with E-state index in [9.17, 15) is 4.79 Å². The maximum Gasteiger partial charge on any atom is 0.266 e. The minimum atomic E-state index is -0.0517. The number of benzene rings is 2. The van der Waals surface area contributed by atoms with E-state index >= 15 is 0 Å². The molecular weight excluding hydrogens is 464 g/mol. The van der Waals surface area contributed by atoms with Crippen LogP contribution in [0.3, 0.4) is 0 Å². The number of carbonyl (C=O) groups excluding carboxylic acids is 1. The van der Waals surface area contributed by atoms with Crippen molar-refractivity contribution in [2.24, 2.45) is 4.99 Å². The Morgan fingerprint density at radius 1 is 1.25 bits per heavy atom. The van der Waals surface area contributed by atoms with Crippen molar-refractivity contribution in [2.75, 3.05) is 13.3 Å². The number of aliphatic imine (C=N–C) groups is 1. The summed E-state index contributed by atoms with van der Waals surface area (Å²) in [5.41, 5.74) is 1.61. The molecule has 0 aliphatic carbocycles. The van der Waals surface area contributed by atoms with Crippen molar-refractivity contribution in [1.29, 1.82) is 0 Å². The first kappa shape index (κ1) is 19.4. The van der Waals surface area contributed by atoms with Gasteiger partial charge in [-0.15, -0.1) is 0 Å². The molecule has 2 aromatic rings.